The summed E-state index contributed by atoms with van der Waals surface area (Å²) < 4.78 is 26.1. The molecule has 28 heavy (non-hydrogen) atoms. The van der Waals surface area contributed by atoms with Gasteiger partial charge in [-0.15, -0.1) is 0 Å². The number of rotatable bonds is 4. The van der Waals surface area contributed by atoms with Crippen LogP contribution >= 0.6 is 15.9 Å². The lowest BCUT2D eigenvalue weighted by Crippen LogP contribution is -2.27. The second-order valence-electron chi connectivity index (χ2n) is 5.92. The number of nitrogens with two attached hydrogens (primary N) is 1. The van der Waals surface area contributed by atoms with Gasteiger partial charge in [-0.05, 0) is 19.1 Å². The summed E-state index contributed by atoms with van der Waals surface area (Å²) in [7, 11) is 0. The molecule has 0 spiro atoms. The average Bonchev–Trinajstić information content (AvgIpc) is 2.68. The van der Waals surface area contributed by atoms with Gasteiger partial charge in [-0.1, -0.05) is 52.3 Å². The number of hydrogen-bond donors (Lipinski definition) is 1. The summed E-state index contributed by atoms with van der Waals surface area (Å²) in [5.41, 5.74) is 6.74. The maximum Gasteiger partial charge on any atom is 0.340 e. The monoisotopic (exact) mass is 442 g/mol. The van der Waals surface area contributed by atoms with Crippen molar-refractivity contribution in [3.8, 4) is 6.07 Å². The smallest absolute Gasteiger partial charge is 0.340 e. The summed E-state index contributed by atoms with van der Waals surface area (Å²) >= 11 is 3.21. The third kappa shape index (κ3) is 3.64. The number of hydrogen-bond acceptors (Lipinski definition) is 5. The fraction of sp³-hybridized carbons (Fsp3) is 0.143. The SMILES string of the molecule is CCOC(=O)C1=C(N)OC(c2ccccc2)=C(C#N)[C@H]1c1ccc(Br)cc1F. The van der Waals surface area contributed by atoms with Crippen LogP contribution in [0.25, 0.3) is 5.76 Å². The van der Waals surface area contributed by atoms with Crippen LogP contribution in [0.3, 0.4) is 0 Å². The Morgan fingerprint density at radius 1 is 1.32 bits per heavy atom. The largest absolute Gasteiger partial charge is 0.462 e. The molecular formula is C21H16BrFN2O3. The van der Waals surface area contributed by atoms with Crippen molar-refractivity contribution in [2.45, 2.75) is 12.8 Å². The standard InChI is InChI=1S/C21H16BrFN2O3/c1-2-27-21(26)18-17(14-9-8-13(22)10-16(14)23)15(11-24)19(28-20(18)25)12-6-4-3-5-7-12/h3-10,17H,2,25H2,1H3/t17-/m1/s1. The molecule has 1 heterocycles. The summed E-state index contributed by atoms with van der Waals surface area (Å²) in [6.45, 7) is 1.74. The molecule has 2 N–H and O–H groups in total. The number of benzene rings is 2. The van der Waals surface area contributed by atoms with Crippen molar-refractivity contribution in [3.05, 3.63) is 87.0 Å². The second kappa shape index (κ2) is 8.28. The van der Waals surface area contributed by atoms with Crippen molar-refractivity contribution in [1.29, 1.82) is 5.26 Å². The quantitative estimate of drug-likeness (QED) is 0.710. The topological polar surface area (TPSA) is 85.3 Å². The average molecular weight is 443 g/mol. The Bertz CT molecular complexity index is 1030. The molecule has 1 atom stereocenters. The number of halogens is 2. The molecule has 3 rings (SSSR count). The van der Waals surface area contributed by atoms with Gasteiger partial charge in [0, 0.05) is 15.6 Å². The number of ether oxygens (including phenoxy) is 2. The van der Waals surface area contributed by atoms with Gasteiger partial charge in [0.1, 0.15) is 11.4 Å². The van der Waals surface area contributed by atoms with Gasteiger partial charge in [-0.3, -0.25) is 0 Å². The number of allylic oxidation sites excluding steroid dienone is 1. The first-order valence-electron chi connectivity index (χ1n) is 8.47. The minimum Gasteiger partial charge on any atom is -0.462 e. The van der Waals surface area contributed by atoms with Crippen LogP contribution < -0.4 is 5.73 Å². The molecule has 0 bridgehead atoms. The van der Waals surface area contributed by atoms with E-state index in [4.69, 9.17) is 15.2 Å². The molecule has 7 heteroatoms. The van der Waals surface area contributed by atoms with E-state index in [0.717, 1.165) is 0 Å². The van der Waals surface area contributed by atoms with Gasteiger partial charge in [-0.2, -0.15) is 5.26 Å². The third-order valence-electron chi connectivity index (χ3n) is 4.22. The lowest BCUT2D eigenvalue weighted by molar-refractivity contribution is -0.139. The van der Waals surface area contributed by atoms with E-state index in [1.54, 1.807) is 37.3 Å². The van der Waals surface area contributed by atoms with Crippen molar-refractivity contribution in [1.82, 2.24) is 0 Å². The fourth-order valence-electron chi connectivity index (χ4n) is 3.03. The first-order chi connectivity index (χ1) is 13.5. The summed E-state index contributed by atoms with van der Waals surface area (Å²) in [5, 5.41) is 9.88. The van der Waals surface area contributed by atoms with Gasteiger partial charge in [0.15, 0.2) is 5.76 Å². The molecule has 5 nitrogen and oxygen atoms in total. The Balaban J connectivity index is 2.27. The molecular weight excluding hydrogens is 427 g/mol. The van der Waals surface area contributed by atoms with Crippen LogP contribution in [-0.4, -0.2) is 12.6 Å². The van der Waals surface area contributed by atoms with Crippen LogP contribution in [0, 0.1) is 17.1 Å². The molecule has 0 aliphatic carbocycles. The third-order valence-corrected chi connectivity index (χ3v) is 4.72. The Morgan fingerprint density at radius 2 is 2.04 bits per heavy atom. The van der Waals surface area contributed by atoms with E-state index in [1.165, 1.54) is 12.1 Å². The van der Waals surface area contributed by atoms with Crippen molar-refractivity contribution < 1.29 is 18.7 Å². The number of nitriles is 1. The second-order valence-corrected chi connectivity index (χ2v) is 6.84. The van der Waals surface area contributed by atoms with E-state index < -0.39 is 17.7 Å². The lowest BCUT2D eigenvalue weighted by atomic mass is 9.82. The highest BCUT2D eigenvalue weighted by molar-refractivity contribution is 9.10. The molecule has 0 amide bonds. The highest BCUT2D eigenvalue weighted by atomic mass is 79.9. The van der Waals surface area contributed by atoms with E-state index in [1.807, 2.05) is 6.07 Å². The van der Waals surface area contributed by atoms with Crippen molar-refractivity contribution in [2.75, 3.05) is 6.61 Å². The summed E-state index contributed by atoms with van der Waals surface area (Å²) in [6, 6.07) is 15.3. The Kier molecular flexibility index (Phi) is 5.81. The van der Waals surface area contributed by atoms with Crippen molar-refractivity contribution in [3.63, 3.8) is 0 Å². The van der Waals surface area contributed by atoms with Crippen LogP contribution in [0.2, 0.25) is 0 Å². The van der Waals surface area contributed by atoms with Crippen LogP contribution in [-0.2, 0) is 14.3 Å². The zero-order chi connectivity index (χ0) is 20.3. The zero-order valence-corrected chi connectivity index (χ0v) is 16.5. The molecule has 2 aromatic rings. The molecule has 142 valence electrons. The summed E-state index contributed by atoms with van der Waals surface area (Å²) in [5.74, 6) is -2.44. The normalized spacial score (nSPS) is 16.4. The van der Waals surface area contributed by atoms with Gasteiger partial charge < -0.3 is 15.2 Å². The van der Waals surface area contributed by atoms with E-state index >= 15 is 0 Å². The number of nitrogens with zero attached hydrogens (tertiary/aromatic N) is 1. The van der Waals surface area contributed by atoms with Gasteiger partial charge in [0.2, 0.25) is 5.88 Å². The molecule has 0 radical (unpaired) electrons. The molecule has 1 aliphatic rings. The summed E-state index contributed by atoms with van der Waals surface area (Å²) in [4.78, 5) is 12.6. The number of esters is 1. The van der Waals surface area contributed by atoms with Crippen molar-refractivity contribution in [2.24, 2.45) is 5.73 Å². The van der Waals surface area contributed by atoms with E-state index in [2.05, 4.69) is 22.0 Å². The predicted octanol–water partition coefficient (Wildman–Crippen LogP) is 4.37. The summed E-state index contributed by atoms with van der Waals surface area (Å²) in [6.07, 6.45) is 0. The van der Waals surface area contributed by atoms with E-state index in [9.17, 15) is 14.4 Å². The minimum absolute atomic E-state index is 0.0738. The predicted molar refractivity (Wildman–Crippen MR) is 105 cm³/mol. The molecule has 1 aliphatic heterocycles. The highest BCUT2D eigenvalue weighted by Crippen LogP contribution is 2.43. The van der Waals surface area contributed by atoms with Gasteiger partial charge in [0.05, 0.1) is 24.2 Å². The maximum absolute atomic E-state index is 14.8. The molecule has 0 fully saturated rings. The zero-order valence-electron chi connectivity index (χ0n) is 14.9. The van der Waals surface area contributed by atoms with Crippen LogP contribution in [0.4, 0.5) is 4.39 Å². The van der Waals surface area contributed by atoms with Gasteiger partial charge >= 0.3 is 5.97 Å². The fourth-order valence-corrected chi connectivity index (χ4v) is 3.36. The number of carbonyl (C=O) groups excluding carboxylic acids is 1. The minimum atomic E-state index is -1.05. The van der Waals surface area contributed by atoms with Crippen LogP contribution in [0.5, 0.6) is 0 Å². The molecule has 0 saturated heterocycles. The van der Waals surface area contributed by atoms with E-state index in [0.29, 0.717) is 10.0 Å². The van der Waals surface area contributed by atoms with E-state index in [-0.39, 0.29) is 35.0 Å². The number of carbonyl (C=O) groups is 1. The molecule has 2 aromatic carbocycles. The Labute approximate surface area is 170 Å². The molecule has 0 unspecified atom stereocenters. The first-order valence-corrected chi connectivity index (χ1v) is 9.26. The van der Waals surface area contributed by atoms with Crippen molar-refractivity contribution >= 4 is 27.7 Å². The maximum atomic E-state index is 14.8. The molecule has 0 saturated carbocycles. The highest BCUT2D eigenvalue weighted by Gasteiger charge is 2.39. The molecule has 0 aromatic heterocycles. The lowest BCUT2D eigenvalue weighted by Gasteiger charge is -2.28. The Morgan fingerprint density at radius 3 is 2.64 bits per heavy atom. The van der Waals surface area contributed by atoms with Crippen LogP contribution in [0.1, 0.15) is 24.0 Å². The van der Waals surface area contributed by atoms with Crippen LogP contribution in [0.15, 0.2) is 70.0 Å². The first kappa shape index (κ1) is 19.6. The Hall–Kier alpha value is -3.11. The van der Waals surface area contributed by atoms with Gasteiger partial charge in [-0.25, -0.2) is 9.18 Å². The van der Waals surface area contributed by atoms with Gasteiger partial charge in [0.25, 0.3) is 0 Å².